The summed E-state index contributed by atoms with van der Waals surface area (Å²) in [4.78, 5) is 1.64. The van der Waals surface area contributed by atoms with Gasteiger partial charge in [-0.1, -0.05) is 0 Å². The van der Waals surface area contributed by atoms with Crippen molar-refractivity contribution < 1.29 is 0 Å². The monoisotopic (exact) mass is 318 g/mol. The maximum atomic E-state index is 2.45. The first-order valence-electron chi connectivity index (χ1n) is 7.03. The maximum Gasteiger partial charge on any atom is 0.0253 e. The molecule has 3 rings (SSSR count). The Labute approximate surface area is 128 Å². The van der Waals surface area contributed by atoms with E-state index in [-0.39, 0.29) is 0 Å². The van der Waals surface area contributed by atoms with Crippen LogP contribution in [-0.2, 0) is 0 Å². The standard InChI is InChI=1S/C14H22S4/c1-2-11(1)5-15-7-13-8-16-9-14(10-18-13)17-6-12-3-4-12/h9,11-13H,1-8,10H2. The summed E-state index contributed by atoms with van der Waals surface area (Å²) in [6, 6.07) is 0. The largest absolute Gasteiger partial charge is 0.161 e. The van der Waals surface area contributed by atoms with Crippen molar-refractivity contribution in [2.75, 3.05) is 28.8 Å². The SMILES string of the molecule is C1=C(SCC2CC2)CSC(CSCC2CC2)CS1. The minimum atomic E-state index is 0.883. The predicted octanol–water partition coefficient (Wildman–Crippen LogP) is 4.96. The molecule has 2 aliphatic carbocycles. The van der Waals surface area contributed by atoms with Crippen LogP contribution in [0.15, 0.2) is 10.3 Å². The van der Waals surface area contributed by atoms with E-state index >= 15 is 0 Å². The third-order valence-corrected chi connectivity index (χ3v) is 9.21. The summed E-state index contributed by atoms with van der Waals surface area (Å²) < 4.78 is 0. The summed E-state index contributed by atoms with van der Waals surface area (Å²) in [5.41, 5.74) is 0. The van der Waals surface area contributed by atoms with Crippen molar-refractivity contribution in [3.63, 3.8) is 0 Å². The highest BCUT2D eigenvalue weighted by Gasteiger charge is 2.23. The van der Waals surface area contributed by atoms with E-state index in [2.05, 4.69) is 52.5 Å². The summed E-state index contributed by atoms with van der Waals surface area (Å²) in [7, 11) is 0. The second-order valence-electron chi connectivity index (χ2n) is 5.59. The van der Waals surface area contributed by atoms with Gasteiger partial charge in [0.15, 0.2) is 0 Å². The Morgan fingerprint density at radius 2 is 1.83 bits per heavy atom. The van der Waals surface area contributed by atoms with Gasteiger partial charge in [-0.2, -0.15) is 23.5 Å². The zero-order chi connectivity index (χ0) is 12.2. The lowest BCUT2D eigenvalue weighted by molar-refractivity contribution is 0.996. The molecule has 0 radical (unpaired) electrons. The molecule has 0 N–H and O–H groups in total. The summed E-state index contributed by atoms with van der Waals surface area (Å²) in [6.45, 7) is 0. The number of hydrogen-bond acceptors (Lipinski definition) is 4. The molecule has 1 aliphatic heterocycles. The highest BCUT2D eigenvalue weighted by molar-refractivity contribution is 8.10. The molecule has 0 saturated heterocycles. The number of rotatable bonds is 7. The van der Waals surface area contributed by atoms with Gasteiger partial charge in [0.2, 0.25) is 0 Å². The lowest BCUT2D eigenvalue weighted by atomic mass is 10.5. The van der Waals surface area contributed by atoms with Crippen LogP contribution in [0.5, 0.6) is 0 Å². The van der Waals surface area contributed by atoms with Gasteiger partial charge in [0.1, 0.15) is 0 Å². The van der Waals surface area contributed by atoms with Crippen molar-refractivity contribution in [1.29, 1.82) is 0 Å². The van der Waals surface area contributed by atoms with Gasteiger partial charge in [0.25, 0.3) is 0 Å². The van der Waals surface area contributed by atoms with Crippen LogP contribution in [0.4, 0.5) is 0 Å². The van der Waals surface area contributed by atoms with E-state index in [4.69, 9.17) is 0 Å². The van der Waals surface area contributed by atoms with E-state index < -0.39 is 0 Å². The molecule has 0 aromatic heterocycles. The van der Waals surface area contributed by atoms with Crippen LogP contribution in [0, 0.1) is 11.8 Å². The predicted molar refractivity (Wildman–Crippen MR) is 92.0 cm³/mol. The van der Waals surface area contributed by atoms with Crippen LogP contribution in [-0.4, -0.2) is 34.0 Å². The molecular weight excluding hydrogens is 296 g/mol. The molecule has 1 unspecified atom stereocenters. The minimum Gasteiger partial charge on any atom is -0.161 e. The third-order valence-electron chi connectivity index (χ3n) is 3.51. The van der Waals surface area contributed by atoms with Crippen molar-refractivity contribution >= 4 is 47.0 Å². The first-order valence-corrected chi connectivity index (χ1v) is 11.3. The molecule has 0 nitrogen and oxygen atoms in total. The van der Waals surface area contributed by atoms with Gasteiger partial charge in [-0.05, 0) is 48.7 Å². The molecule has 2 fully saturated rings. The van der Waals surface area contributed by atoms with E-state index in [0.717, 1.165) is 17.1 Å². The fourth-order valence-corrected chi connectivity index (χ4v) is 7.57. The first-order chi connectivity index (χ1) is 8.90. The molecule has 0 spiro atoms. The summed E-state index contributed by atoms with van der Waals surface area (Å²) in [5, 5.41) is 3.33. The average Bonchev–Trinajstić information content (AvgIpc) is 3.24. The van der Waals surface area contributed by atoms with E-state index in [0.29, 0.717) is 0 Å². The molecule has 102 valence electrons. The zero-order valence-corrected chi connectivity index (χ0v) is 14.1. The van der Waals surface area contributed by atoms with E-state index in [1.54, 1.807) is 4.91 Å². The van der Waals surface area contributed by atoms with Gasteiger partial charge >= 0.3 is 0 Å². The molecule has 1 atom stereocenters. The number of thioether (sulfide) groups is 4. The lowest BCUT2D eigenvalue weighted by Gasteiger charge is -2.12. The Morgan fingerprint density at radius 3 is 2.61 bits per heavy atom. The summed E-state index contributed by atoms with van der Waals surface area (Å²) in [6.07, 6.45) is 5.98. The zero-order valence-electron chi connectivity index (χ0n) is 10.8. The van der Waals surface area contributed by atoms with Gasteiger partial charge in [0, 0.05) is 33.2 Å². The van der Waals surface area contributed by atoms with E-state index in [1.165, 1.54) is 54.4 Å². The summed E-state index contributed by atoms with van der Waals surface area (Å²) >= 11 is 8.61. The van der Waals surface area contributed by atoms with Crippen LogP contribution < -0.4 is 0 Å². The van der Waals surface area contributed by atoms with Crippen molar-refractivity contribution in [2.24, 2.45) is 11.8 Å². The number of hydrogen-bond donors (Lipinski definition) is 0. The highest BCUT2D eigenvalue weighted by atomic mass is 32.2. The Balaban J connectivity index is 1.31. The van der Waals surface area contributed by atoms with Crippen LogP contribution >= 0.6 is 47.0 Å². The molecule has 4 heteroatoms. The van der Waals surface area contributed by atoms with Crippen molar-refractivity contribution in [3.05, 3.63) is 10.3 Å². The first kappa shape index (κ1) is 14.1. The molecule has 2 saturated carbocycles. The lowest BCUT2D eigenvalue weighted by Crippen LogP contribution is -2.10. The van der Waals surface area contributed by atoms with Gasteiger partial charge in [0.05, 0.1) is 0 Å². The Morgan fingerprint density at radius 1 is 1.06 bits per heavy atom. The van der Waals surface area contributed by atoms with Crippen molar-refractivity contribution in [2.45, 2.75) is 30.9 Å². The molecule has 0 aromatic rings. The molecule has 1 heterocycles. The smallest absolute Gasteiger partial charge is 0.0253 e. The maximum absolute atomic E-state index is 2.45. The Bertz CT molecular complexity index is 294. The fraction of sp³-hybridized carbons (Fsp3) is 0.857. The third kappa shape index (κ3) is 5.26. The summed E-state index contributed by atoms with van der Waals surface area (Å²) in [5.74, 6) is 8.93. The average molecular weight is 319 g/mol. The molecular formula is C14H22S4. The second-order valence-corrected chi connectivity index (χ2v) is 10.00. The quantitative estimate of drug-likeness (QED) is 0.650. The molecule has 0 bridgehead atoms. The van der Waals surface area contributed by atoms with Crippen LogP contribution in [0.25, 0.3) is 0 Å². The molecule has 0 aromatic carbocycles. The highest BCUT2D eigenvalue weighted by Crippen LogP contribution is 2.39. The van der Waals surface area contributed by atoms with Gasteiger partial charge in [-0.3, -0.25) is 0 Å². The molecule has 0 amide bonds. The van der Waals surface area contributed by atoms with Crippen LogP contribution in [0.3, 0.4) is 0 Å². The minimum absolute atomic E-state index is 0.883. The van der Waals surface area contributed by atoms with E-state index in [1.807, 2.05) is 0 Å². The topological polar surface area (TPSA) is 0 Å². The van der Waals surface area contributed by atoms with Crippen molar-refractivity contribution in [1.82, 2.24) is 0 Å². The van der Waals surface area contributed by atoms with E-state index in [9.17, 15) is 0 Å². The Hall–Kier alpha value is 1.14. The molecule has 3 aliphatic rings. The normalized spacial score (nSPS) is 28.9. The van der Waals surface area contributed by atoms with Gasteiger partial charge in [-0.15, -0.1) is 23.5 Å². The van der Waals surface area contributed by atoms with Crippen LogP contribution in [0.1, 0.15) is 25.7 Å². The van der Waals surface area contributed by atoms with Gasteiger partial charge in [-0.25, -0.2) is 0 Å². The Kier molecular flexibility index (Phi) is 5.66. The van der Waals surface area contributed by atoms with Crippen LogP contribution in [0.2, 0.25) is 0 Å². The fourth-order valence-electron chi connectivity index (χ4n) is 1.86. The second kappa shape index (κ2) is 7.24. The van der Waals surface area contributed by atoms with Crippen molar-refractivity contribution in [3.8, 4) is 0 Å². The van der Waals surface area contributed by atoms with Gasteiger partial charge < -0.3 is 0 Å². The molecule has 18 heavy (non-hydrogen) atoms.